The normalized spacial score (nSPS) is 15.4. The lowest BCUT2D eigenvalue weighted by Crippen LogP contribution is -2.28. The first kappa shape index (κ1) is 18.2. The van der Waals surface area contributed by atoms with Gasteiger partial charge in [-0.05, 0) is 55.0 Å². The van der Waals surface area contributed by atoms with E-state index in [1.807, 2.05) is 0 Å². The second-order valence-electron chi connectivity index (χ2n) is 5.90. The number of imide groups is 1. The van der Waals surface area contributed by atoms with Crippen LogP contribution < -0.4 is 4.90 Å². The van der Waals surface area contributed by atoms with Crippen LogP contribution in [0.1, 0.15) is 29.3 Å². The van der Waals surface area contributed by atoms with Gasteiger partial charge in [-0.3, -0.25) is 9.59 Å². The van der Waals surface area contributed by atoms with Crippen molar-refractivity contribution in [1.82, 2.24) is 0 Å². The molecule has 1 aliphatic heterocycles. The number of esters is 1. The van der Waals surface area contributed by atoms with Crippen molar-refractivity contribution in [1.29, 1.82) is 0 Å². The van der Waals surface area contributed by atoms with Crippen LogP contribution in [0.4, 0.5) is 5.69 Å². The summed E-state index contributed by atoms with van der Waals surface area (Å²) >= 11 is 0. The van der Waals surface area contributed by atoms with Crippen LogP contribution in [-0.2, 0) is 14.3 Å². The molecule has 2 N–H and O–H groups in total. The third-order valence-corrected chi connectivity index (χ3v) is 4.05. The molecule has 3 rings (SSSR count). The second kappa shape index (κ2) is 7.33. The summed E-state index contributed by atoms with van der Waals surface area (Å²) in [6, 6.07) is 10.1. The summed E-state index contributed by atoms with van der Waals surface area (Å²) in [4.78, 5) is 37.7. The van der Waals surface area contributed by atoms with E-state index in [-0.39, 0.29) is 30.1 Å². The zero-order chi connectivity index (χ0) is 19.6. The number of nitrogens with zero attached hydrogens (tertiary/aromatic N) is 1. The predicted molar refractivity (Wildman–Crippen MR) is 97.3 cm³/mol. The molecule has 0 aromatic heterocycles. The van der Waals surface area contributed by atoms with Gasteiger partial charge in [-0.15, -0.1) is 0 Å². The summed E-state index contributed by atoms with van der Waals surface area (Å²) in [5.74, 6) is -1.92. The average molecular weight is 367 g/mol. The van der Waals surface area contributed by atoms with Crippen molar-refractivity contribution in [2.24, 2.45) is 0 Å². The molecule has 7 heteroatoms. The Balaban J connectivity index is 1.84. The van der Waals surface area contributed by atoms with Gasteiger partial charge in [0.25, 0.3) is 5.91 Å². The molecule has 2 amide bonds. The van der Waals surface area contributed by atoms with Gasteiger partial charge in [0.05, 0.1) is 24.3 Å². The van der Waals surface area contributed by atoms with E-state index in [2.05, 4.69) is 0 Å². The van der Waals surface area contributed by atoms with Crippen LogP contribution in [0.25, 0.3) is 6.08 Å². The van der Waals surface area contributed by atoms with Gasteiger partial charge in [-0.1, -0.05) is 6.07 Å². The number of benzene rings is 2. The van der Waals surface area contributed by atoms with Gasteiger partial charge >= 0.3 is 5.97 Å². The number of carbonyl (C=O) groups is 3. The van der Waals surface area contributed by atoms with Crippen LogP contribution in [-0.4, -0.2) is 34.6 Å². The molecule has 0 saturated carbocycles. The van der Waals surface area contributed by atoms with Gasteiger partial charge in [0.2, 0.25) is 5.91 Å². The fraction of sp³-hybridized carbons (Fsp3) is 0.150. The van der Waals surface area contributed by atoms with Crippen LogP contribution in [0.15, 0.2) is 48.0 Å². The maximum Gasteiger partial charge on any atom is 0.338 e. The van der Waals surface area contributed by atoms with Crippen molar-refractivity contribution in [2.45, 2.75) is 13.3 Å². The minimum Gasteiger partial charge on any atom is -0.504 e. The SMILES string of the molecule is CCOC(=O)c1ccc(N2C(=O)CC(=Cc3ccc(O)c(O)c3)C2=O)cc1. The Kier molecular flexibility index (Phi) is 4.94. The zero-order valence-electron chi connectivity index (χ0n) is 14.5. The Hall–Kier alpha value is -3.61. The number of ether oxygens (including phenoxy) is 1. The Labute approximate surface area is 155 Å². The van der Waals surface area contributed by atoms with Crippen LogP contribution >= 0.6 is 0 Å². The second-order valence-corrected chi connectivity index (χ2v) is 5.90. The quantitative estimate of drug-likeness (QED) is 0.373. The highest BCUT2D eigenvalue weighted by molar-refractivity contribution is 6.29. The van der Waals surface area contributed by atoms with Crippen molar-refractivity contribution in [3.63, 3.8) is 0 Å². The van der Waals surface area contributed by atoms with E-state index in [1.54, 1.807) is 6.92 Å². The Bertz CT molecular complexity index is 945. The van der Waals surface area contributed by atoms with Crippen molar-refractivity contribution >= 4 is 29.5 Å². The number of phenolic OH excluding ortho intramolecular Hbond substituents is 2. The van der Waals surface area contributed by atoms with E-state index in [1.165, 1.54) is 48.5 Å². The topological polar surface area (TPSA) is 104 Å². The van der Waals surface area contributed by atoms with Crippen LogP contribution in [0, 0.1) is 0 Å². The molecule has 0 unspecified atom stereocenters. The molecule has 1 fully saturated rings. The summed E-state index contributed by atoms with van der Waals surface area (Å²) in [5.41, 5.74) is 1.44. The van der Waals surface area contributed by atoms with E-state index < -0.39 is 17.8 Å². The molecule has 0 bridgehead atoms. The van der Waals surface area contributed by atoms with Crippen molar-refractivity contribution in [3.05, 3.63) is 59.2 Å². The fourth-order valence-electron chi connectivity index (χ4n) is 2.74. The number of aromatic hydroxyl groups is 2. The lowest BCUT2D eigenvalue weighted by Gasteiger charge is -2.13. The zero-order valence-corrected chi connectivity index (χ0v) is 14.5. The largest absolute Gasteiger partial charge is 0.504 e. The smallest absolute Gasteiger partial charge is 0.338 e. The molecule has 1 saturated heterocycles. The molecule has 27 heavy (non-hydrogen) atoms. The Morgan fingerprint density at radius 2 is 1.81 bits per heavy atom. The summed E-state index contributed by atoms with van der Waals surface area (Å²) < 4.78 is 4.90. The molecule has 2 aromatic rings. The highest BCUT2D eigenvalue weighted by Gasteiger charge is 2.35. The first-order valence-electron chi connectivity index (χ1n) is 8.27. The molecule has 0 atom stereocenters. The van der Waals surface area contributed by atoms with Gasteiger partial charge in [0, 0.05) is 5.57 Å². The summed E-state index contributed by atoms with van der Waals surface area (Å²) in [5, 5.41) is 18.9. The van der Waals surface area contributed by atoms with Crippen molar-refractivity contribution in [2.75, 3.05) is 11.5 Å². The number of amides is 2. The highest BCUT2D eigenvalue weighted by Crippen LogP contribution is 2.30. The third-order valence-electron chi connectivity index (χ3n) is 4.05. The number of carbonyl (C=O) groups excluding carboxylic acids is 3. The van der Waals surface area contributed by atoms with E-state index in [0.717, 1.165) is 4.90 Å². The molecule has 0 aliphatic carbocycles. The van der Waals surface area contributed by atoms with Gasteiger partial charge in [-0.25, -0.2) is 9.69 Å². The fourth-order valence-corrected chi connectivity index (χ4v) is 2.74. The Morgan fingerprint density at radius 1 is 1.11 bits per heavy atom. The van der Waals surface area contributed by atoms with Crippen LogP contribution in [0.5, 0.6) is 11.5 Å². The molecular weight excluding hydrogens is 350 g/mol. The van der Waals surface area contributed by atoms with Crippen molar-refractivity contribution < 1.29 is 29.3 Å². The third kappa shape index (κ3) is 3.67. The molecule has 0 spiro atoms. The van der Waals surface area contributed by atoms with Gasteiger partial charge < -0.3 is 14.9 Å². The van der Waals surface area contributed by atoms with Gasteiger partial charge in [-0.2, -0.15) is 0 Å². The molecule has 138 valence electrons. The molecule has 1 aliphatic rings. The molecule has 7 nitrogen and oxygen atoms in total. The molecular formula is C20H17NO6. The standard InChI is InChI=1S/C20H17NO6/c1-2-27-20(26)13-4-6-15(7-5-13)21-18(24)11-14(19(21)25)9-12-3-8-16(22)17(23)10-12/h3-10,22-23H,2,11H2,1H3. The maximum absolute atomic E-state index is 12.6. The number of hydrogen-bond donors (Lipinski definition) is 2. The first-order valence-corrected chi connectivity index (χ1v) is 8.27. The number of rotatable bonds is 4. The highest BCUT2D eigenvalue weighted by atomic mass is 16.5. The molecule has 2 aromatic carbocycles. The molecule has 1 heterocycles. The van der Waals surface area contributed by atoms with Crippen molar-refractivity contribution in [3.8, 4) is 11.5 Å². The van der Waals surface area contributed by atoms with E-state index in [9.17, 15) is 24.6 Å². The summed E-state index contributed by atoms with van der Waals surface area (Å²) in [7, 11) is 0. The van der Waals surface area contributed by atoms with E-state index in [4.69, 9.17) is 4.74 Å². The van der Waals surface area contributed by atoms with E-state index in [0.29, 0.717) is 16.8 Å². The monoisotopic (exact) mass is 367 g/mol. The average Bonchev–Trinajstić information content (AvgIpc) is 2.92. The van der Waals surface area contributed by atoms with Gasteiger partial charge in [0.1, 0.15) is 0 Å². The maximum atomic E-state index is 12.6. The summed E-state index contributed by atoms with van der Waals surface area (Å²) in [6.07, 6.45) is 1.41. The number of hydrogen-bond acceptors (Lipinski definition) is 6. The van der Waals surface area contributed by atoms with Crippen LogP contribution in [0.2, 0.25) is 0 Å². The van der Waals surface area contributed by atoms with E-state index >= 15 is 0 Å². The van der Waals surface area contributed by atoms with Crippen LogP contribution in [0.3, 0.4) is 0 Å². The Morgan fingerprint density at radius 3 is 2.44 bits per heavy atom. The first-order chi connectivity index (χ1) is 12.9. The lowest BCUT2D eigenvalue weighted by atomic mass is 10.1. The number of anilines is 1. The number of phenols is 2. The minimum atomic E-state index is -0.476. The summed E-state index contributed by atoms with van der Waals surface area (Å²) in [6.45, 7) is 1.96. The lowest BCUT2D eigenvalue weighted by molar-refractivity contribution is -0.120. The van der Waals surface area contributed by atoms with Gasteiger partial charge in [0.15, 0.2) is 11.5 Å². The minimum absolute atomic E-state index is 0.0832. The molecule has 0 radical (unpaired) electrons. The predicted octanol–water partition coefficient (Wildman–Crippen LogP) is 2.62.